The maximum Gasteiger partial charge on any atom is 0.407 e. The lowest BCUT2D eigenvalue weighted by Gasteiger charge is -2.22. The third-order valence-corrected chi connectivity index (χ3v) is 2.07. The molecule has 0 heterocycles. The number of hydrogen-bond acceptors (Lipinski definition) is 3. The van der Waals surface area contributed by atoms with Crippen LogP contribution in [-0.4, -0.2) is 24.8 Å². The van der Waals surface area contributed by atoms with Gasteiger partial charge in [-0.1, -0.05) is 13.8 Å². The molecule has 0 saturated carbocycles. The second-order valence-electron chi connectivity index (χ2n) is 5.61. The highest BCUT2D eigenvalue weighted by molar-refractivity contribution is 5.67. The molecule has 0 saturated heterocycles. The molecule has 0 aromatic rings. The van der Waals surface area contributed by atoms with Gasteiger partial charge in [-0.15, -0.1) is 0 Å². The van der Waals surface area contributed by atoms with Crippen LogP contribution in [0, 0.1) is 11.8 Å². The average Bonchev–Trinajstić information content (AvgIpc) is 2.08. The molecule has 4 heteroatoms. The number of amides is 1. The fourth-order valence-corrected chi connectivity index (χ4v) is 1.47. The number of nitrogens with two attached hydrogens (primary N) is 1. The molecular weight excluding hydrogens is 204 g/mol. The van der Waals surface area contributed by atoms with Crippen molar-refractivity contribution in [2.75, 3.05) is 13.1 Å². The number of alkyl carbamates (subject to hydrolysis) is 1. The maximum atomic E-state index is 11.4. The van der Waals surface area contributed by atoms with Gasteiger partial charge in [0, 0.05) is 6.54 Å². The first-order chi connectivity index (χ1) is 7.24. The van der Waals surface area contributed by atoms with Gasteiger partial charge in [0.25, 0.3) is 0 Å². The SMILES string of the molecule is CC(C)CC(CN)CNC(=O)OC(C)(C)C. The van der Waals surface area contributed by atoms with Gasteiger partial charge in [-0.25, -0.2) is 4.79 Å². The number of ether oxygens (including phenoxy) is 1. The minimum atomic E-state index is -0.444. The molecule has 1 atom stereocenters. The van der Waals surface area contributed by atoms with Gasteiger partial charge in [-0.2, -0.15) is 0 Å². The fourth-order valence-electron chi connectivity index (χ4n) is 1.47. The Morgan fingerprint density at radius 3 is 2.31 bits per heavy atom. The molecule has 16 heavy (non-hydrogen) atoms. The Balaban J connectivity index is 3.88. The van der Waals surface area contributed by atoms with Gasteiger partial charge in [0.1, 0.15) is 5.60 Å². The number of carbonyl (C=O) groups is 1. The Hall–Kier alpha value is -0.770. The maximum absolute atomic E-state index is 11.4. The van der Waals surface area contributed by atoms with Crippen molar-refractivity contribution in [3.05, 3.63) is 0 Å². The Kier molecular flexibility index (Phi) is 6.41. The van der Waals surface area contributed by atoms with Crippen LogP contribution in [0.4, 0.5) is 4.79 Å². The van der Waals surface area contributed by atoms with E-state index in [1.54, 1.807) is 0 Å². The lowest BCUT2D eigenvalue weighted by Crippen LogP contribution is -2.37. The van der Waals surface area contributed by atoms with Gasteiger partial charge in [0.15, 0.2) is 0 Å². The van der Waals surface area contributed by atoms with Crippen molar-refractivity contribution >= 4 is 6.09 Å². The molecule has 1 amide bonds. The van der Waals surface area contributed by atoms with E-state index in [9.17, 15) is 4.79 Å². The Morgan fingerprint density at radius 1 is 1.38 bits per heavy atom. The predicted molar refractivity (Wildman–Crippen MR) is 66.2 cm³/mol. The number of nitrogens with one attached hydrogen (secondary N) is 1. The van der Waals surface area contributed by atoms with E-state index in [1.165, 1.54) is 0 Å². The molecule has 0 aromatic heterocycles. The first-order valence-corrected chi connectivity index (χ1v) is 5.91. The quantitative estimate of drug-likeness (QED) is 0.760. The summed E-state index contributed by atoms with van der Waals surface area (Å²) in [5.74, 6) is 0.918. The van der Waals surface area contributed by atoms with Crippen LogP contribution in [0.1, 0.15) is 41.0 Å². The molecule has 0 radical (unpaired) electrons. The van der Waals surface area contributed by atoms with Crippen LogP contribution in [0.2, 0.25) is 0 Å². The average molecular weight is 230 g/mol. The summed E-state index contributed by atoms with van der Waals surface area (Å²) in [6.07, 6.45) is 0.654. The molecule has 3 N–H and O–H groups in total. The van der Waals surface area contributed by atoms with Crippen LogP contribution in [0.25, 0.3) is 0 Å². The first-order valence-electron chi connectivity index (χ1n) is 5.91. The van der Waals surface area contributed by atoms with Crippen LogP contribution in [-0.2, 0) is 4.74 Å². The number of carbonyl (C=O) groups excluding carboxylic acids is 1. The van der Waals surface area contributed by atoms with Crippen LogP contribution < -0.4 is 11.1 Å². The van der Waals surface area contributed by atoms with Crippen molar-refractivity contribution in [3.63, 3.8) is 0 Å². The second-order valence-corrected chi connectivity index (χ2v) is 5.61. The third-order valence-electron chi connectivity index (χ3n) is 2.07. The zero-order chi connectivity index (χ0) is 12.8. The standard InChI is InChI=1S/C12H26N2O2/c1-9(2)6-10(7-13)8-14-11(15)16-12(3,4)5/h9-10H,6-8,13H2,1-5H3,(H,14,15). The van der Waals surface area contributed by atoms with Crippen molar-refractivity contribution in [2.45, 2.75) is 46.6 Å². The molecule has 0 aliphatic rings. The summed E-state index contributed by atoms with van der Waals surface area (Å²) in [4.78, 5) is 11.4. The number of rotatable bonds is 5. The second kappa shape index (κ2) is 6.74. The van der Waals surface area contributed by atoms with E-state index in [0.717, 1.165) is 6.42 Å². The third kappa shape index (κ3) is 8.53. The molecule has 96 valence electrons. The normalized spacial score (nSPS) is 13.7. The summed E-state index contributed by atoms with van der Waals surface area (Å²) >= 11 is 0. The molecular formula is C12H26N2O2. The summed E-state index contributed by atoms with van der Waals surface area (Å²) in [7, 11) is 0. The minimum absolute atomic E-state index is 0.326. The molecule has 0 bridgehead atoms. The Morgan fingerprint density at radius 2 is 1.94 bits per heavy atom. The summed E-state index contributed by atoms with van der Waals surface area (Å²) in [5.41, 5.74) is 5.20. The summed E-state index contributed by atoms with van der Waals surface area (Å²) in [6, 6.07) is 0. The van der Waals surface area contributed by atoms with E-state index in [2.05, 4.69) is 19.2 Å². The van der Waals surface area contributed by atoms with Gasteiger partial charge in [0.2, 0.25) is 0 Å². The van der Waals surface area contributed by atoms with E-state index >= 15 is 0 Å². The van der Waals surface area contributed by atoms with E-state index in [1.807, 2.05) is 20.8 Å². The van der Waals surface area contributed by atoms with Gasteiger partial charge in [-0.3, -0.25) is 0 Å². The fraction of sp³-hybridized carbons (Fsp3) is 0.917. The highest BCUT2D eigenvalue weighted by Crippen LogP contribution is 2.10. The molecule has 0 aliphatic carbocycles. The smallest absolute Gasteiger partial charge is 0.407 e. The van der Waals surface area contributed by atoms with Crippen LogP contribution >= 0.6 is 0 Å². The molecule has 0 aliphatic heterocycles. The largest absolute Gasteiger partial charge is 0.444 e. The van der Waals surface area contributed by atoms with E-state index in [-0.39, 0.29) is 6.09 Å². The van der Waals surface area contributed by atoms with Crippen molar-refractivity contribution in [3.8, 4) is 0 Å². The lowest BCUT2D eigenvalue weighted by atomic mass is 9.97. The minimum Gasteiger partial charge on any atom is -0.444 e. The van der Waals surface area contributed by atoms with Crippen molar-refractivity contribution in [1.82, 2.24) is 5.32 Å². The topological polar surface area (TPSA) is 64.3 Å². The van der Waals surface area contributed by atoms with Crippen molar-refractivity contribution in [2.24, 2.45) is 17.6 Å². The van der Waals surface area contributed by atoms with Crippen LogP contribution in [0.5, 0.6) is 0 Å². The molecule has 0 fully saturated rings. The van der Waals surface area contributed by atoms with E-state index in [0.29, 0.717) is 24.9 Å². The summed E-state index contributed by atoms with van der Waals surface area (Å²) < 4.78 is 5.15. The molecule has 1 unspecified atom stereocenters. The van der Waals surface area contributed by atoms with Gasteiger partial charge >= 0.3 is 6.09 Å². The first kappa shape index (κ1) is 15.2. The van der Waals surface area contributed by atoms with Gasteiger partial charge in [0.05, 0.1) is 0 Å². The highest BCUT2D eigenvalue weighted by Gasteiger charge is 2.17. The molecule has 0 rings (SSSR count). The summed E-state index contributed by atoms with van der Waals surface area (Å²) in [5, 5.41) is 2.75. The van der Waals surface area contributed by atoms with E-state index < -0.39 is 5.60 Å². The zero-order valence-electron chi connectivity index (χ0n) is 11.2. The Labute approximate surface area is 98.9 Å². The zero-order valence-corrected chi connectivity index (χ0v) is 11.2. The highest BCUT2D eigenvalue weighted by atomic mass is 16.6. The monoisotopic (exact) mass is 230 g/mol. The van der Waals surface area contributed by atoms with Gasteiger partial charge in [-0.05, 0) is 45.6 Å². The molecule has 0 aromatic carbocycles. The lowest BCUT2D eigenvalue weighted by molar-refractivity contribution is 0.0518. The number of hydrogen-bond donors (Lipinski definition) is 2. The van der Waals surface area contributed by atoms with Crippen molar-refractivity contribution < 1.29 is 9.53 Å². The van der Waals surface area contributed by atoms with E-state index in [4.69, 9.17) is 10.5 Å². The molecule has 4 nitrogen and oxygen atoms in total. The van der Waals surface area contributed by atoms with Crippen molar-refractivity contribution in [1.29, 1.82) is 0 Å². The van der Waals surface area contributed by atoms with Crippen LogP contribution in [0.3, 0.4) is 0 Å². The summed E-state index contributed by atoms with van der Waals surface area (Å²) in [6.45, 7) is 11.0. The predicted octanol–water partition coefficient (Wildman–Crippen LogP) is 2.13. The molecule has 0 spiro atoms. The Bertz CT molecular complexity index is 210. The van der Waals surface area contributed by atoms with Crippen LogP contribution in [0.15, 0.2) is 0 Å². The van der Waals surface area contributed by atoms with Gasteiger partial charge < -0.3 is 15.8 Å².